The van der Waals surface area contributed by atoms with Gasteiger partial charge in [-0.1, -0.05) is 6.92 Å². The van der Waals surface area contributed by atoms with Gasteiger partial charge >= 0.3 is 0 Å². The molecule has 0 aliphatic carbocycles. The predicted molar refractivity (Wildman–Crippen MR) is 95.8 cm³/mol. The van der Waals surface area contributed by atoms with Crippen molar-refractivity contribution in [1.82, 2.24) is 0 Å². The van der Waals surface area contributed by atoms with Gasteiger partial charge in [-0.05, 0) is 48.7 Å². The van der Waals surface area contributed by atoms with E-state index < -0.39 is 0 Å². The van der Waals surface area contributed by atoms with Crippen LogP contribution in [0.2, 0.25) is 0 Å². The summed E-state index contributed by atoms with van der Waals surface area (Å²) in [5, 5.41) is 0. The van der Waals surface area contributed by atoms with Crippen molar-refractivity contribution in [3.8, 4) is 19.5 Å². The second-order valence-electron chi connectivity index (χ2n) is 4.86. The van der Waals surface area contributed by atoms with Gasteiger partial charge in [0.15, 0.2) is 12.6 Å². The summed E-state index contributed by atoms with van der Waals surface area (Å²) in [5.41, 5.74) is 2.61. The molecule has 3 rings (SSSR count). The van der Waals surface area contributed by atoms with Gasteiger partial charge in [-0.25, -0.2) is 0 Å². The molecule has 0 atom stereocenters. The van der Waals surface area contributed by atoms with E-state index in [2.05, 4.69) is 13.8 Å². The van der Waals surface area contributed by atoms with Crippen LogP contribution < -0.4 is 0 Å². The lowest BCUT2D eigenvalue weighted by molar-refractivity contribution is 0.111. The van der Waals surface area contributed by atoms with Crippen LogP contribution in [0.1, 0.15) is 37.4 Å². The minimum atomic E-state index is 0.752. The summed E-state index contributed by atoms with van der Waals surface area (Å²) in [6.45, 7) is 4.30. The summed E-state index contributed by atoms with van der Waals surface area (Å²) in [5.74, 6) is 0. The van der Waals surface area contributed by atoms with Gasteiger partial charge in [0.05, 0.1) is 9.75 Å². The summed E-state index contributed by atoms with van der Waals surface area (Å²) < 4.78 is 0. The Morgan fingerprint density at radius 3 is 1.86 bits per heavy atom. The smallest absolute Gasteiger partial charge is 0.160 e. The van der Waals surface area contributed by atoms with Crippen LogP contribution in [0, 0.1) is 6.92 Å². The minimum absolute atomic E-state index is 0.752. The zero-order chi connectivity index (χ0) is 15.7. The lowest BCUT2D eigenvalue weighted by Gasteiger charge is -1.99. The molecule has 3 aromatic rings. The fraction of sp³-hybridized carbons (Fsp3) is 0.176. The van der Waals surface area contributed by atoms with Crippen molar-refractivity contribution in [2.24, 2.45) is 0 Å². The maximum absolute atomic E-state index is 10.9. The zero-order valence-electron chi connectivity index (χ0n) is 12.2. The highest BCUT2D eigenvalue weighted by Gasteiger charge is 2.18. The number of carbonyl (C=O) groups is 2. The third kappa shape index (κ3) is 2.60. The number of rotatable bonds is 5. The van der Waals surface area contributed by atoms with E-state index in [1.54, 1.807) is 11.3 Å². The van der Waals surface area contributed by atoms with Gasteiger partial charge in [0.2, 0.25) is 0 Å². The molecule has 0 saturated carbocycles. The molecule has 0 fully saturated rings. The van der Waals surface area contributed by atoms with Gasteiger partial charge in [-0.2, -0.15) is 0 Å². The van der Waals surface area contributed by atoms with E-state index in [9.17, 15) is 9.59 Å². The van der Waals surface area contributed by atoms with Crippen molar-refractivity contribution in [3.63, 3.8) is 0 Å². The van der Waals surface area contributed by atoms with Gasteiger partial charge in [0, 0.05) is 19.5 Å². The highest BCUT2D eigenvalue weighted by molar-refractivity contribution is 7.27. The van der Waals surface area contributed by atoms with E-state index in [0.717, 1.165) is 38.5 Å². The Hall–Kier alpha value is -1.56. The number of hydrogen-bond donors (Lipinski definition) is 0. The van der Waals surface area contributed by atoms with Crippen LogP contribution >= 0.6 is 34.0 Å². The van der Waals surface area contributed by atoms with Crippen molar-refractivity contribution in [2.75, 3.05) is 0 Å². The Morgan fingerprint density at radius 2 is 1.41 bits per heavy atom. The first-order valence-corrected chi connectivity index (χ1v) is 9.36. The SMILES string of the molecule is CCc1c(-c2ccc(C=O)s2)sc(-c2ccc(C=O)s2)c1C. The molecule has 0 radical (unpaired) electrons. The van der Waals surface area contributed by atoms with E-state index in [1.807, 2.05) is 24.3 Å². The molecule has 2 nitrogen and oxygen atoms in total. The molecule has 0 aliphatic heterocycles. The number of hydrogen-bond acceptors (Lipinski definition) is 5. The minimum Gasteiger partial charge on any atom is -0.297 e. The monoisotopic (exact) mass is 346 g/mol. The van der Waals surface area contributed by atoms with Crippen LogP contribution in [-0.4, -0.2) is 12.6 Å². The largest absolute Gasteiger partial charge is 0.297 e. The number of thiophene rings is 3. The molecule has 5 heteroatoms. The van der Waals surface area contributed by atoms with Crippen LogP contribution in [-0.2, 0) is 6.42 Å². The Kier molecular flexibility index (Phi) is 4.38. The van der Waals surface area contributed by atoms with E-state index in [1.165, 1.54) is 43.6 Å². The summed E-state index contributed by atoms with van der Waals surface area (Å²) in [6.07, 6.45) is 2.75. The predicted octanol–water partition coefficient (Wildman–Crippen LogP) is 5.70. The first kappa shape index (κ1) is 15.3. The summed E-state index contributed by atoms with van der Waals surface area (Å²) >= 11 is 4.81. The maximum Gasteiger partial charge on any atom is 0.160 e. The molecule has 0 saturated heterocycles. The second-order valence-corrected chi connectivity index (χ2v) is 8.11. The topological polar surface area (TPSA) is 34.1 Å². The van der Waals surface area contributed by atoms with Crippen molar-refractivity contribution in [2.45, 2.75) is 20.3 Å². The summed E-state index contributed by atoms with van der Waals surface area (Å²) in [7, 11) is 0. The molecular weight excluding hydrogens is 332 g/mol. The third-order valence-corrected chi connectivity index (χ3v) is 7.27. The maximum atomic E-state index is 10.9. The Balaban J connectivity index is 2.13. The Labute approximate surface area is 141 Å². The van der Waals surface area contributed by atoms with Crippen LogP contribution in [0.4, 0.5) is 0 Å². The van der Waals surface area contributed by atoms with Gasteiger partial charge in [-0.15, -0.1) is 34.0 Å². The molecule has 112 valence electrons. The molecule has 0 unspecified atom stereocenters. The highest BCUT2D eigenvalue weighted by atomic mass is 32.1. The van der Waals surface area contributed by atoms with Gasteiger partial charge in [0.25, 0.3) is 0 Å². The van der Waals surface area contributed by atoms with Crippen molar-refractivity contribution >= 4 is 46.6 Å². The fourth-order valence-electron chi connectivity index (χ4n) is 2.48. The van der Waals surface area contributed by atoms with Crippen molar-refractivity contribution in [3.05, 3.63) is 45.1 Å². The molecule has 0 aliphatic rings. The average Bonchev–Trinajstić information content (AvgIpc) is 3.24. The molecule has 0 amide bonds. The molecule has 3 heterocycles. The van der Waals surface area contributed by atoms with Crippen LogP contribution in [0.3, 0.4) is 0 Å². The molecule has 0 spiro atoms. The van der Waals surface area contributed by atoms with E-state index in [4.69, 9.17) is 0 Å². The lowest BCUT2D eigenvalue weighted by Crippen LogP contribution is -1.83. The quantitative estimate of drug-likeness (QED) is 0.555. The third-order valence-electron chi connectivity index (χ3n) is 3.56. The van der Waals surface area contributed by atoms with Crippen LogP contribution in [0.15, 0.2) is 24.3 Å². The Bertz CT molecular complexity index is 836. The van der Waals surface area contributed by atoms with E-state index in [0.29, 0.717) is 0 Å². The standard InChI is InChI=1S/C17H14O2S3/c1-3-13-10(2)16(14-6-4-11(8-18)20-14)22-17(13)15-7-5-12(9-19)21-15/h4-9H,3H2,1-2H3. The molecule has 0 bridgehead atoms. The summed E-state index contributed by atoms with van der Waals surface area (Å²) in [6, 6.07) is 7.78. The van der Waals surface area contributed by atoms with Crippen LogP contribution in [0.5, 0.6) is 0 Å². The molecule has 0 aromatic carbocycles. The van der Waals surface area contributed by atoms with E-state index in [-0.39, 0.29) is 0 Å². The normalized spacial score (nSPS) is 10.8. The molecular formula is C17H14O2S3. The summed E-state index contributed by atoms with van der Waals surface area (Å²) in [4.78, 5) is 28.1. The number of aldehydes is 2. The zero-order valence-corrected chi connectivity index (χ0v) is 14.7. The Morgan fingerprint density at radius 1 is 0.864 bits per heavy atom. The van der Waals surface area contributed by atoms with Gasteiger partial charge in [-0.3, -0.25) is 9.59 Å². The molecule has 0 N–H and O–H groups in total. The first-order chi connectivity index (χ1) is 10.7. The number of carbonyl (C=O) groups excluding carboxylic acids is 2. The van der Waals surface area contributed by atoms with Crippen molar-refractivity contribution < 1.29 is 9.59 Å². The lowest BCUT2D eigenvalue weighted by atomic mass is 10.1. The van der Waals surface area contributed by atoms with Gasteiger partial charge in [0.1, 0.15) is 0 Å². The van der Waals surface area contributed by atoms with Gasteiger partial charge < -0.3 is 0 Å². The molecule has 22 heavy (non-hydrogen) atoms. The molecule has 3 aromatic heterocycles. The second kappa shape index (κ2) is 6.28. The van der Waals surface area contributed by atoms with Crippen LogP contribution in [0.25, 0.3) is 19.5 Å². The van der Waals surface area contributed by atoms with E-state index >= 15 is 0 Å². The fourth-order valence-corrected chi connectivity index (χ4v) is 5.83. The average molecular weight is 346 g/mol. The first-order valence-electron chi connectivity index (χ1n) is 6.91. The highest BCUT2D eigenvalue weighted by Crippen LogP contribution is 2.45. The van der Waals surface area contributed by atoms with Crippen molar-refractivity contribution in [1.29, 1.82) is 0 Å².